The van der Waals surface area contributed by atoms with E-state index >= 15 is 0 Å². The number of esters is 2. The summed E-state index contributed by atoms with van der Waals surface area (Å²) in [5.74, 6) is -0.913. The number of carbonyl (C=O) groups excluding carboxylic acids is 2. The Bertz CT molecular complexity index is 1150. The van der Waals surface area contributed by atoms with E-state index in [0.717, 1.165) is 38.5 Å². The third-order valence-electron chi connectivity index (χ3n) is 9.58. The summed E-state index contributed by atoms with van der Waals surface area (Å²) in [5.41, 5.74) is 5.35. The van der Waals surface area contributed by atoms with Gasteiger partial charge in [-0.1, -0.05) is 190 Å². The second-order valence-electron chi connectivity index (χ2n) is 15.1. The monoisotopic (exact) mass is 838 g/mol. The Labute approximate surface area is 353 Å². The molecule has 0 radical (unpaired) electrons. The Morgan fingerprint density at radius 3 is 1.60 bits per heavy atom. The van der Waals surface area contributed by atoms with Crippen LogP contribution in [-0.2, 0) is 32.7 Å². The van der Waals surface area contributed by atoms with Gasteiger partial charge in [0.1, 0.15) is 6.61 Å². The maximum atomic E-state index is 12.6. The van der Waals surface area contributed by atoms with Crippen molar-refractivity contribution in [3.8, 4) is 0 Å². The fraction of sp³-hybridized carbons (Fsp3) is 0.745. The Hall–Kier alpha value is -2.33. The van der Waals surface area contributed by atoms with Gasteiger partial charge in [0.25, 0.3) is 0 Å². The van der Waals surface area contributed by atoms with E-state index in [1.54, 1.807) is 6.08 Å². The predicted molar refractivity (Wildman–Crippen MR) is 239 cm³/mol. The molecule has 11 heteroatoms. The van der Waals surface area contributed by atoms with Crippen LogP contribution in [0.5, 0.6) is 0 Å². The average Bonchev–Trinajstić information content (AvgIpc) is 3.21. The summed E-state index contributed by atoms with van der Waals surface area (Å²) in [7, 11) is -4.40. The van der Waals surface area contributed by atoms with Gasteiger partial charge in [0, 0.05) is 19.4 Å². The minimum absolute atomic E-state index is 0.0390. The van der Waals surface area contributed by atoms with Crippen molar-refractivity contribution in [3.05, 3.63) is 60.8 Å². The first-order chi connectivity index (χ1) is 28.2. The molecule has 0 aliphatic rings. The van der Waals surface area contributed by atoms with Crippen molar-refractivity contribution in [2.45, 2.75) is 199 Å². The van der Waals surface area contributed by atoms with E-state index in [0.29, 0.717) is 25.7 Å². The van der Waals surface area contributed by atoms with Crippen LogP contribution in [0.25, 0.3) is 0 Å². The molecule has 0 amide bonds. The summed E-state index contributed by atoms with van der Waals surface area (Å²) < 4.78 is 32.7. The first-order valence-electron chi connectivity index (χ1n) is 22.9. The van der Waals surface area contributed by atoms with Gasteiger partial charge in [0.05, 0.1) is 19.3 Å². The lowest BCUT2D eigenvalue weighted by atomic mass is 10.0. The molecule has 0 aliphatic heterocycles. The molecule has 3 atom stereocenters. The van der Waals surface area contributed by atoms with Gasteiger partial charge < -0.3 is 25.2 Å². The fourth-order valence-electron chi connectivity index (χ4n) is 6.03. The zero-order valence-electron chi connectivity index (χ0n) is 36.6. The van der Waals surface area contributed by atoms with Crippen LogP contribution in [-0.4, -0.2) is 60.5 Å². The standard InChI is InChI=1S/C47H84NO9P/c1-3-5-6-7-8-9-10-11-12-13-14-15-16-21-24-27-30-33-36-39-47(51)57-45(43-56-58(52,53)55-41-40-48)42-54-46(50)38-35-32-29-26-23-20-18-17-19-22-25-28-31-34-37-44(49)4-2/h18-20,22,26,28-29,31,34,37,44-45,49H,3-17,21,23-25,27,30,32-33,35-36,38-43,48H2,1-2H3,(H,52,53)/b20-18-,22-19-,29-26-,31-28-,37-34+/t44-,45+/m0/s1. The van der Waals surface area contributed by atoms with E-state index in [-0.39, 0.29) is 38.7 Å². The first-order valence-corrected chi connectivity index (χ1v) is 24.4. The summed E-state index contributed by atoms with van der Waals surface area (Å²) in [6.45, 7) is 3.34. The molecule has 0 rings (SSSR count). The van der Waals surface area contributed by atoms with Gasteiger partial charge in [-0.15, -0.1) is 0 Å². The van der Waals surface area contributed by atoms with E-state index in [1.807, 2.05) is 31.2 Å². The summed E-state index contributed by atoms with van der Waals surface area (Å²) in [6, 6.07) is 0. The molecule has 0 aromatic rings. The largest absolute Gasteiger partial charge is 0.472 e. The van der Waals surface area contributed by atoms with E-state index < -0.39 is 32.5 Å². The summed E-state index contributed by atoms with van der Waals surface area (Å²) in [4.78, 5) is 34.9. The molecule has 1 unspecified atom stereocenters. The fourth-order valence-corrected chi connectivity index (χ4v) is 6.80. The molecule has 336 valence electrons. The van der Waals surface area contributed by atoms with Crippen LogP contribution in [0.1, 0.15) is 187 Å². The van der Waals surface area contributed by atoms with Crippen LogP contribution in [0.3, 0.4) is 0 Å². The summed E-state index contributed by atoms with van der Waals surface area (Å²) in [5, 5.41) is 9.47. The van der Waals surface area contributed by atoms with Crippen molar-refractivity contribution in [1.82, 2.24) is 0 Å². The molecule has 0 saturated carbocycles. The van der Waals surface area contributed by atoms with Gasteiger partial charge in [-0.2, -0.15) is 0 Å². The van der Waals surface area contributed by atoms with Gasteiger partial charge in [-0.3, -0.25) is 18.6 Å². The maximum Gasteiger partial charge on any atom is 0.472 e. The molecule has 0 aromatic carbocycles. The number of hydrogen-bond acceptors (Lipinski definition) is 9. The lowest BCUT2D eigenvalue weighted by molar-refractivity contribution is -0.161. The molecule has 0 aromatic heterocycles. The Morgan fingerprint density at radius 1 is 0.603 bits per heavy atom. The van der Waals surface area contributed by atoms with Crippen molar-refractivity contribution in [3.63, 3.8) is 0 Å². The topological polar surface area (TPSA) is 155 Å². The zero-order valence-corrected chi connectivity index (χ0v) is 37.5. The van der Waals surface area contributed by atoms with Gasteiger partial charge >= 0.3 is 19.8 Å². The highest BCUT2D eigenvalue weighted by molar-refractivity contribution is 7.47. The second kappa shape index (κ2) is 42.8. The number of nitrogens with two attached hydrogens (primary N) is 1. The Morgan fingerprint density at radius 2 is 1.09 bits per heavy atom. The normalized spacial score (nSPS) is 14.4. The number of aliphatic hydroxyl groups is 1. The summed E-state index contributed by atoms with van der Waals surface area (Å²) in [6.07, 6.45) is 47.8. The van der Waals surface area contributed by atoms with Crippen LogP contribution in [0, 0.1) is 0 Å². The van der Waals surface area contributed by atoms with E-state index in [4.69, 9.17) is 24.3 Å². The van der Waals surface area contributed by atoms with E-state index in [9.17, 15) is 24.2 Å². The number of unbranched alkanes of at least 4 members (excludes halogenated alkanes) is 19. The molecule has 0 bridgehead atoms. The van der Waals surface area contributed by atoms with Crippen LogP contribution in [0.2, 0.25) is 0 Å². The highest BCUT2D eigenvalue weighted by Gasteiger charge is 2.26. The molecule has 58 heavy (non-hydrogen) atoms. The number of carbonyl (C=O) groups is 2. The zero-order chi connectivity index (χ0) is 42.6. The van der Waals surface area contributed by atoms with Crippen molar-refractivity contribution < 1.29 is 42.7 Å². The number of ether oxygens (including phenoxy) is 2. The highest BCUT2D eigenvalue weighted by atomic mass is 31.2. The van der Waals surface area contributed by atoms with E-state index in [1.165, 1.54) is 96.3 Å². The van der Waals surface area contributed by atoms with Crippen molar-refractivity contribution in [2.75, 3.05) is 26.4 Å². The molecule has 0 aliphatic carbocycles. The minimum Gasteiger partial charge on any atom is -0.462 e. The van der Waals surface area contributed by atoms with Gasteiger partial charge in [0.15, 0.2) is 6.10 Å². The average molecular weight is 838 g/mol. The molecule has 0 saturated heterocycles. The van der Waals surface area contributed by atoms with E-state index in [2.05, 4.69) is 37.3 Å². The molecular weight excluding hydrogens is 753 g/mol. The molecule has 10 nitrogen and oxygen atoms in total. The van der Waals surface area contributed by atoms with Gasteiger partial charge in [-0.25, -0.2) is 4.57 Å². The summed E-state index contributed by atoms with van der Waals surface area (Å²) >= 11 is 0. The van der Waals surface area contributed by atoms with Gasteiger partial charge in [-0.05, 0) is 44.9 Å². The Kier molecular flexibility index (Phi) is 41.1. The highest BCUT2D eigenvalue weighted by Crippen LogP contribution is 2.43. The number of aliphatic hydroxyl groups excluding tert-OH is 1. The van der Waals surface area contributed by atoms with Crippen molar-refractivity contribution >= 4 is 19.8 Å². The lowest BCUT2D eigenvalue weighted by Crippen LogP contribution is -2.29. The van der Waals surface area contributed by atoms with Crippen LogP contribution in [0.4, 0.5) is 0 Å². The molecule has 0 heterocycles. The van der Waals surface area contributed by atoms with Crippen LogP contribution < -0.4 is 5.73 Å². The Balaban J connectivity index is 4.21. The number of rotatable bonds is 42. The third kappa shape index (κ3) is 41.8. The lowest BCUT2D eigenvalue weighted by Gasteiger charge is -2.19. The molecule has 0 fully saturated rings. The number of allylic oxidation sites excluding steroid dienone is 9. The number of phosphoric ester groups is 1. The quantitative estimate of drug-likeness (QED) is 0.0178. The van der Waals surface area contributed by atoms with Crippen LogP contribution >= 0.6 is 7.82 Å². The van der Waals surface area contributed by atoms with Crippen molar-refractivity contribution in [1.29, 1.82) is 0 Å². The van der Waals surface area contributed by atoms with Crippen molar-refractivity contribution in [2.24, 2.45) is 5.73 Å². The minimum atomic E-state index is -4.40. The second-order valence-corrected chi connectivity index (χ2v) is 16.6. The maximum absolute atomic E-state index is 12.6. The molecule has 4 N–H and O–H groups in total. The molecule has 0 spiro atoms. The van der Waals surface area contributed by atoms with Gasteiger partial charge in [0.2, 0.25) is 0 Å². The predicted octanol–water partition coefficient (Wildman–Crippen LogP) is 12.2. The third-order valence-corrected chi connectivity index (χ3v) is 10.6. The molecular formula is C47H84NO9P. The number of hydrogen-bond donors (Lipinski definition) is 3. The van der Waals surface area contributed by atoms with Crippen LogP contribution in [0.15, 0.2) is 60.8 Å². The first kappa shape index (κ1) is 55.7. The number of phosphoric acid groups is 1. The SMILES string of the molecule is CCCCCCCCCCCCCCCCCCCCCC(=O)O[C@H](COC(=O)CCC/C=C\C/C=C\C/C=C\C/C=C\C=C\[C@@H](O)CC)COP(=O)(O)OCCN. The smallest absolute Gasteiger partial charge is 0.462 e.